The van der Waals surface area contributed by atoms with Gasteiger partial charge in [0.25, 0.3) is 0 Å². The van der Waals surface area contributed by atoms with Gasteiger partial charge in [-0.05, 0) is 18.4 Å². The zero-order valence-electron chi connectivity index (χ0n) is 7.81. The van der Waals surface area contributed by atoms with Crippen molar-refractivity contribution in [2.75, 3.05) is 13.7 Å². The summed E-state index contributed by atoms with van der Waals surface area (Å²) in [6.07, 6.45) is 5.17. The summed E-state index contributed by atoms with van der Waals surface area (Å²) in [5, 5.41) is 10.1. The van der Waals surface area contributed by atoms with Gasteiger partial charge >= 0.3 is 0 Å². The highest BCUT2D eigenvalue weighted by atomic mass is 16.5. The Kier molecular flexibility index (Phi) is 3.29. The second kappa shape index (κ2) is 4.06. The lowest BCUT2D eigenvalue weighted by Gasteiger charge is -2.33. The van der Waals surface area contributed by atoms with Gasteiger partial charge in [-0.15, -0.1) is 0 Å². The van der Waals surface area contributed by atoms with Crippen LogP contribution in [0.25, 0.3) is 0 Å². The third-order valence-electron chi connectivity index (χ3n) is 2.66. The Morgan fingerprint density at radius 1 is 1.42 bits per heavy atom. The third kappa shape index (κ3) is 2.08. The molecule has 0 aromatic heterocycles. The first-order chi connectivity index (χ1) is 5.69. The fourth-order valence-corrected chi connectivity index (χ4v) is 1.80. The van der Waals surface area contributed by atoms with E-state index < -0.39 is 5.60 Å². The van der Waals surface area contributed by atoms with Crippen LogP contribution in [-0.2, 0) is 4.74 Å². The molecule has 0 amide bonds. The molecule has 0 saturated heterocycles. The summed E-state index contributed by atoms with van der Waals surface area (Å²) in [6.45, 7) is 4.35. The van der Waals surface area contributed by atoms with Crippen molar-refractivity contribution in [3.63, 3.8) is 0 Å². The Bertz CT molecular complexity index is 157. The molecule has 70 valence electrons. The van der Waals surface area contributed by atoms with Crippen molar-refractivity contribution in [3.05, 3.63) is 12.2 Å². The van der Waals surface area contributed by atoms with Crippen LogP contribution in [0.5, 0.6) is 0 Å². The second-order valence-corrected chi connectivity index (χ2v) is 3.63. The van der Waals surface area contributed by atoms with Crippen molar-refractivity contribution in [1.29, 1.82) is 0 Å². The minimum atomic E-state index is -0.631. The minimum Gasteiger partial charge on any atom is -0.385 e. The van der Waals surface area contributed by atoms with E-state index in [1.807, 2.05) is 0 Å². The molecule has 1 N–H and O–H groups in total. The predicted molar refractivity (Wildman–Crippen MR) is 49.1 cm³/mol. The fourth-order valence-electron chi connectivity index (χ4n) is 1.80. The lowest BCUT2D eigenvalue weighted by Crippen LogP contribution is -2.34. The fraction of sp³-hybridized carbons (Fsp3) is 0.800. The highest BCUT2D eigenvalue weighted by Crippen LogP contribution is 2.33. The quantitative estimate of drug-likeness (QED) is 0.655. The van der Waals surface area contributed by atoms with E-state index in [-0.39, 0.29) is 0 Å². The van der Waals surface area contributed by atoms with E-state index in [9.17, 15) is 5.11 Å². The van der Waals surface area contributed by atoms with Gasteiger partial charge in [-0.1, -0.05) is 25.8 Å². The topological polar surface area (TPSA) is 29.5 Å². The number of aliphatic hydroxyl groups is 1. The molecule has 1 aliphatic rings. The van der Waals surface area contributed by atoms with Crippen LogP contribution in [0.3, 0.4) is 0 Å². The molecule has 1 fully saturated rings. The van der Waals surface area contributed by atoms with Crippen LogP contribution in [0.2, 0.25) is 0 Å². The van der Waals surface area contributed by atoms with Gasteiger partial charge in [0.1, 0.15) is 0 Å². The van der Waals surface area contributed by atoms with Crippen LogP contribution < -0.4 is 0 Å². The minimum absolute atomic E-state index is 0.483. The molecule has 0 aromatic rings. The molecule has 2 nitrogen and oxygen atoms in total. The molecule has 1 aliphatic carbocycles. The van der Waals surface area contributed by atoms with E-state index in [4.69, 9.17) is 4.74 Å². The van der Waals surface area contributed by atoms with Crippen LogP contribution in [0, 0.1) is 0 Å². The largest absolute Gasteiger partial charge is 0.385 e. The molecule has 12 heavy (non-hydrogen) atoms. The van der Waals surface area contributed by atoms with Crippen LogP contribution in [0.15, 0.2) is 12.2 Å². The summed E-state index contributed by atoms with van der Waals surface area (Å²) in [7, 11) is 1.64. The molecule has 2 heteroatoms. The molecule has 0 heterocycles. The maximum Gasteiger partial charge on any atom is 0.0876 e. The summed E-state index contributed by atoms with van der Waals surface area (Å²) < 4.78 is 4.96. The van der Waals surface area contributed by atoms with Gasteiger partial charge in [0.05, 0.1) is 12.2 Å². The highest BCUT2D eigenvalue weighted by molar-refractivity contribution is 5.13. The smallest absolute Gasteiger partial charge is 0.0876 e. The SMILES string of the molecule is C=C(COC)C1(O)CCCCC1. The van der Waals surface area contributed by atoms with Gasteiger partial charge in [-0.3, -0.25) is 0 Å². The monoisotopic (exact) mass is 170 g/mol. The molecule has 0 aromatic carbocycles. The molecule has 1 saturated carbocycles. The highest BCUT2D eigenvalue weighted by Gasteiger charge is 2.31. The number of hydrogen-bond donors (Lipinski definition) is 1. The summed E-state index contributed by atoms with van der Waals surface area (Å²) in [4.78, 5) is 0. The van der Waals surface area contributed by atoms with Gasteiger partial charge in [-0.25, -0.2) is 0 Å². The maximum atomic E-state index is 10.1. The van der Waals surface area contributed by atoms with E-state index in [1.165, 1.54) is 6.42 Å². The lowest BCUT2D eigenvalue weighted by molar-refractivity contribution is 0.0263. The summed E-state index contributed by atoms with van der Waals surface area (Å²) in [5.41, 5.74) is 0.207. The molecule has 0 unspecified atom stereocenters. The molecule has 0 aliphatic heterocycles. The van der Waals surface area contributed by atoms with Crippen LogP contribution in [0.1, 0.15) is 32.1 Å². The molecular formula is C10H18O2. The van der Waals surface area contributed by atoms with Gasteiger partial charge in [0.15, 0.2) is 0 Å². The van der Waals surface area contributed by atoms with Crippen molar-refractivity contribution in [2.24, 2.45) is 0 Å². The van der Waals surface area contributed by atoms with Crippen molar-refractivity contribution in [2.45, 2.75) is 37.7 Å². The second-order valence-electron chi connectivity index (χ2n) is 3.63. The van der Waals surface area contributed by atoms with E-state index in [1.54, 1.807) is 7.11 Å². The Morgan fingerprint density at radius 3 is 2.50 bits per heavy atom. The maximum absolute atomic E-state index is 10.1. The zero-order chi connectivity index (χ0) is 9.03. The first-order valence-electron chi connectivity index (χ1n) is 4.58. The summed E-state index contributed by atoms with van der Waals surface area (Å²) in [5.74, 6) is 0. The first kappa shape index (κ1) is 9.75. The number of methoxy groups -OCH3 is 1. The Morgan fingerprint density at radius 2 is 2.00 bits per heavy atom. The van der Waals surface area contributed by atoms with E-state index in [0.717, 1.165) is 31.3 Å². The van der Waals surface area contributed by atoms with Crippen molar-refractivity contribution < 1.29 is 9.84 Å². The zero-order valence-corrected chi connectivity index (χ0v) is 7.81. The van der Waals surface area contributed by atoms with E-state index in [2.05, 4.69) is 6.58 Å². The number of rotatable bonds is 3. The van der Waals surface area contributed by atoms with Gasteiger partial charge < -0.3 is 9.84 Å². The molecule has 0 atom stereocenters. The molecule has 0 bridgehead atoms. The van der Waals surface area contributed by atoms with Gasteiger partial charge in [0, 0.05) is 7.11 Å². The van der Waals surface area contributed by atoms with Crippen LogP contribution in [0.4, 0.5) is 0 Å². The average molecular weight is 170 g/mol. The number of hydrogen-bond acceptors (Lipinski definition) is 2. The Labute approximate surface area is 74.2 Å². The van der Waals surface area contributed by atoms with E-state index >= 15 is 0 Å². The molecule has 1 rings (SSSR count). The summed E-state index contributed by atoms with van der Waals surface area (Å²) in [6, 6.07) is 0. The first-order valence-corrected chi connectivity index (χ1v) is 4.58. The molecule has 0 spiro atoms. The van der Waals surface area contributed by atoms with E-state index in [0.29, 0.717) is 6.61 Å². The Balaban J connectivity index is 2.50. The lowest BCUT2D eigenvalue weighted by atomic mass is 9.80. The van der Waals surface area contributed by atoms with Crippen LogP contribution >= 0.6 is 0 Å². The summed E-state index contributed by atoms with van der Waals surface area (Å²) >= 11 is 0. The number of ether oxygens (including phenoxy) is 1. The standard InChI is InChI=1S/C10H18O2/c1-9(8-12-2)10(11)6-4-3-5-7-10/h11H,1,3-8H2,2H3. The van der Waals surface area contributed by atoms with Crippen LogP contribution in [-0.4, -0.2) is 24.4 Å². The van der Waals surface area contributed by atoms with Crippen molar-refractivity contribution >= 4 is 0 Å². The van der Waals surface area contributed by atoms with Gasteiger partial charge in [-0.2, -0.15) is 0 Å². The van der Waals surface area contributed by atoms with Gasteiger partial charge in [0.2, 0.25) is 0 Å². The van der Waals surface area contributed by atoms with Crippen molar-refractivity contribution in [3.8, 4) is 0 Å². The average Bonchev–Trinajstić information content (AvgIpc) is 2.06. The predicted octanol–water partition coefficient (Wildman–Crippen LogP) is 1.88. The molecule has 0 radical (unpaired) electrons. The molecular weight excluding hydrogens is 152 g/mol. The third-order valence-corrected chi connectivity index (χ3v) is 2.66. The van der Waals surface area contributed by atoms with Crippen molar-refractivity contribution in [1.82, 2.24) is 0 Å². The Hall–Kier alpha value is -0.340. The normalized spacial score (nSPS) is 22.2.